The normalized spacial score (nSPS) is 17.3. The van der Waals surface area contributed by atoms with Gasteiger partial charge in [0.2, 0.25) is 0 Å². The van der Waals surface area contributed by atoms with E-state index in [2.05, 4.69) is 43.6 Å². The number of nitrogens with one attached hydrogen (secondary N) is 1. The molecule has 1 aromatic rings. The molecule has 0 spiro atoms. The lowest BCUT2D eigenvalue weighted by atomic mass is 9.88. The number of thiophene rings is 1. The molecule has 0 bridgehead atoms. The Labute approximate surface area is 96.3 Å². The summed E-state index contributed by atoms with van der Waals surface area (Å²) in [7, 11) is 0. The van der Waals surface area contributed by atoms with Crippen LogP contribution < -0.4 is 5.32 Å². The highest BCUT2D eigenvalue weighted by Crippen LogP contribution is 2.22. The van der Waals surface area contributed by atoms with Crippen LogP contribution in [0.1, 0.15) is 38.1 Å². The third-order valence-corrected chi connectivity index (χ3v) is 4.10. The standard InChI is InChI=1S/C12H21NOS/c1-4-12(3,9-14)8-13-10(2)11-6-5-7-15-11/h5-7,10,13-14H,4,8-9H2,1-3H3. The van der Waals surface area contributed by atoms with E-state index < -0.39 is 0 Å². The van der Waals surface area contributed by atoms with Gasteiger partial charge in [-0.05, 0) is 24.8 Å². The number of hydrogen-bond donors (Lipinski definition) is 2. The Kier molecular flexibility index (Phi) is 4.77. The van der Waals surface area contributed by atoms with Gasteiger partial charge in [0.05, 0.1) is 0 Å². The van der Waals surface area contributed by atoms with E-state index in [1.807, 2.05) is 0 Å². The number of aliphatic hydroxyl groups excluding tert-OH is 1. The van der Waals surface area contributed by atoms with E-state index in [1.54, 1.807) is 11.3 Å². The van der Waals surface area contributed by atoms with Gasteiger partial charge in [-0.25, -0.2) is 0 Å². The first-order valence-corrected chi connectivity index (χ1v) is 6.37. The number of aliphatic hydroxyl groups is 1. The minimum Gasteiger partial charge on any atom is -0.396 e. The molecule has 0 aliphatic heterocycles. The Bertz CT molecular complexity index is 267. The van der Waals surface area contributed by atoms with E-state index in [1.165, 1.54) is 4.88 Å². The monoisotopic (exact) mass is 227 g/mol. The lowest BCUT2D eigenvalue weighted by Gasteiger charge is -2.27. The fourth-order valence-corrected chi connectivity index (χ4v) is 2.09. The summed E-state index contributed by atoms with van der Waals surface area (Å²) in [4.78, 5) is 1.35. The zero-order valence-electron chi connectivity index (χ0n) is 9.79. The highest BCUT2D eigenvalue weighted by molar-refractivity contribution is 7.10. The predicted molar refractivity (Wildman–Crippen MR) is 66.2 cm³/mol. The molecule has 0 amide bonds. The summed E-state index contributed by atoms with van der Waals surface area (Å²) in [6.07, 6.45) is 0.994. The molecule has 3 heteroatoms. The summed E-state index contributed by atoms with van der Waals surface area (Å²) in [6, 6.07) is 4.59. The van der Waals surface area contributed by atoms with Crippen molar-refractivity contribution in [1.29, 1.82) is 0 Å². The minimum atomic E-state index is 0.00548. The summed E-state index contributed by atoms with van der Waals surface area (Å²) in [5.74, 6) is 0. The molecule has 0 aliphatic rings. The Morgan fingerprint density at radius 2 is 2.33 bits per heavy atom. The third kappa shape index (κ3) is 3.59. The molecule has 86 valence electrons. The average molecular weight is 227 g/mol. The minimum absolute atomic E-state index is 0.00548. The average Bonchev–Trinajstić information content (AvgIpc) is 2.79. The summed E-state index contributed by atoms with van der Waals surface area (Å²) < 4.78 is 0. The van der Waals surface area contributed by atoms with E-state index in [0.717, 1.165) is 13.0 Å². The van der Waals surface area contributed by atoms with Gasteiger partial charge >= 0.3 is 0 Å². The van der Waals surface area contributed by atoms with Crippen LogP contribution in [0.25, 0.3) is 0 Å². The van der Waals surface area contributed by atoms with Gasteiger partial charge in [0.15, 0.2) is 0 Å². The molecule has 0 saturated carbocycles. The van der Waals surface area contributed by atoms with Gasteiger partial charge in [-0.2, -0.15) is 0 Å². The van der Waals surface area contributed by atoms with E-state index >= 15 is 0 Å². The second-order valence-corrected chi connectivity index (χ2v) is 5.42. The highest BCUT2D eigenvalue weighted by atomic mass is 32.1. The van der Waals surface area contributed by atoms with Crippen LogP contribution in [-0.2, 0) is 0 Å². The van der Waals surface area contributed by atoms with Crippen molar-refractivity contribution < 1.29 is 5.11 Å². The lowest BCUT2D eigenvalue weighted by Crippen LogP contribution is -2.35. The van der Waals surface area contributed by atoms with Crippen LogP contribution in [0.2, 0.25) is 0 Å². The van der Waals surface area contributed by atoms with Crippen molar-refractivity contribution in [2.75, 3.05) is 13.2 Å². The maximum absolute atomic E-state index is 9.29. The molecule has 2 N–H and O–H groups in total. The van der Waals surface area contributed by atoms with Crippen LogP contribution in [0.4, 0.5) is 0 Å². The van der Waals surface area contributed by atoms with Crippen molar-refractivity contribution >= 4 is 11.3 Å². The second kappa shape index (κ2) is 5.64. The summed E-state index contributed by atoms with van der Waals surface area (Å²) in [5.41, 5.74) is 0.00548. The fourth-order valence-electron chi connectivity index (χ4n) is 1.33. The van der Waals surface area contributed by atoms with Gasteiger partial charge in [0.25, 0.3) is 0 Å². The number of rotatable bonds is 6. The predicted octanol–water partition coefficient (Wildman–Crippen LogP) is 2.81. The first-order chi connectivity index (χ1) is 7.11. The maximum atomic E-state index is 9.29. The number of hydrogen-bond acceptors (Lipinski definition) is 3. The fraction of sp³-hybridized carbons (Fsp3) is 0.667. The summed E-state index contributed by atoms with van der Waals surface area (Å²) >= 11 is 1.77. The smallest absolute Gasteiger partial charge is 0.0496 e. The molecular weight excluding hydrogens is 206 g/mol. The Balaban J connectivity index is 2.43. The molecule has 0 fully saturated rings. The Morgan fingerprint density at radius 3 is 2.80 bits per heavy atom. The molecule has 0 aliphatic carbocycles. The Morgan fingerprint density at radius 1 is 1.60 bits per heavy atom. The van der Waals surface area contributed by atoms with Gasteiger partial charge in [0.1, 0.15) is 0 Å². The van der Waals surface area contributed by atoms with Gasteiger partial charge in [-0.1, -0.05) is 19.9 Å². The molecule has 0 saturated heterocycles. The molecule has 2 atom stereocenters. The van der Waals surface area contributed by atoms with Crippen molar-refractivity contribution in [3.63, 3.8) is 0 Å². The Hall–Kier alpha value is -0.380. The van der Waals surface area contributed by atoms with Gasteiger partial charge in [-0.3, -0.25) is 0 Å². The van der Waals surface area contributed by atoms with Crippen molar-refractivity contribution in [3.8, 4) is 0 Å². The molecule has 1 aromatic heterocycles. The molecule has 1 rings (SSSR count). The molecule has 2 nitrogen and oxygen atoms in total. The maximum Gasteiger partial charge on any atom is 0.0496 e. The molecule has 1 heterocycles. The molecular formula is C12H21NOS. The highest BCUT2D eigenvalue weighted by Gasteiger charge is 2.21. The van der Waals surface area contributed by atoms with Crippen LogP contribution >= 0.6 is 11.3 Å². The van der Waals surface area contributed by atoms with Crippen molar-refractivity contribution in [2.24, 2.45) is 5.41 Å². The first-order valence-electron chi connectivity index (χ1n) is 5.49. The first kappa shape index (κ1) is 12.7. The summed E-state index contributed by atoms with van der Waals surface area (Å²) in [6.45, 7) is 7.50. The zero-order chi connectivity index (χ0) is 11.3. The topological polar surface area (TPSA) is 32.3 Å². The van der Waals surface area contributed by atoms with Crippen LogP contribution in [0, 0.1) is 5.41 Å². The van der Waals surface area contributed by atoms with Crippen LogP contribution in [0.15, 0.2) is 17.5 Å². The second-order valence-electron chi connectivity index (χ2n) is 4.44. The quantitative estimate of drug-likeness (QED) is 0.783. The van der Waals surface area contributed by atoms with E-state index in [9.17, 15) is 5.11 Å². The third-order valence-electron chi connectivity index (χ3n) is 3.04. The van der Waals surface area contributed by atoms with Gasteiger partial charge < -0.3 is 10.4 Å². The van der Waals surface area contributed by atoms with Crippen LogP contribution in [-0.4, -0.2) is 18.3 Å². The zero-order valence-corrected chi connectivity index (χ0v) is 10.6. The van der Waals surface area contributed by atoms with Crippen LogP contribution in [0.3, 0.4) is 0 Å². The largest absolute Gasteiger partial charge is 0.396 e. The summed E-state index contributed by atoms with van der Waals surface area (Å²) in [5, 5.41) is 14.9. The van der Waals surface area contributed by atoms with Gasteiger partial charge in [-0.15, -0.1) is 11.3 Å². The molecule has 2 unspecified atom stereocenters. The van der Waals surface area contributed by atoms with Gasteiger partial charge in [0, 0.05) is 29.5 Å². The van der Waals surface area contributed by atoms with E-state index in [-0.39, 0.29) is 12.0 Å². The van der Waals surface area contributed by atoms with Crippen molar-refractivity contribution in [3.05, 3.63) is 22.4 Å². The SMILES string of the molecule is CCC(C)(CO)CNC(C)c1cccs1. The molecule has 0 radical (unpaired) electrons. The lowest BCUT2D eigenvalue weighted by molar-refractivity contribution is 0.132. The molecule has 15 heavy (non-hydrogen) atoms. The van der Waals surface area contributed by atoms with Crippen LogP contribution in [0.5, 0.6) is 0 Å². The van der Waals surface area contributed by atoms with Crippen molar-refractivity contribution in [1.82, 2.24) is 5.32 Å². The van der Waals surface area contributed by atoms with E-state index in [0.29, 0.717) is 6.04 Å². The van der Waals surface area contributed by atoms with E-state index in [4.69, 9.17) is 0 Å². The molecule has 0 aromatic carbocycles. The van der Waals surface area contributed by atoms with Crippen molar-refractivity contribution in [2.45, 2.75) is 33.2 Å².